The molecule has 0 bridgehead atoms. The summed E-state index contributed by atoms with van der Waals surface area (Å²) < 4.78 is 0. The Bertz CT molecular complexity index is 770. The van der Waals surface area contributed by atoms with E-state index in [9.17, 15) is 10.2 Å². The molecule has 0 amide bonds. The van der Waals surface area contributed by atoms with Gasteiger partial charge in [-0.25, -0.2) is 0 Å². The topological polar surface area (TPSA) is 40.5 Å². The third-order valence-corrected chi connectivity index (χ3v) is 5.35. The van der Waals surface area contributed by atoms with E-state index in [1.54, 1.807) is 41.7 Å². The number of hydrogen-bond donors (Lipinski definition) is 2. The number of para-hydroxylation sites is 1. The molecule has 0 atom stereocenters. The summed E-state index contributed by atoms with van der Waals surface area (Å²) in [6.45, 7) is 0. The van der Waals surface area contributed by atoms with Crippen molar-refractivity contribution in [3.63, 3.8) is 0 Å². The highest BCUT2D eigenvalue weighted by Crippen LogP contribution is 2.41. The zero-order valence-corrected chi connectivity index (χ0v) is 13.3. The van der Waals surface area contributed by atoms with Crippen LogP contribution in [0.3, 0.4) is 0 Å². The minimum absolute atomic E-state index is 0.265. The van der Waals surface area contributed by atoms with Crippen LogP contribution in [0.25, 0.3) is 0 Å². The van der Waals surface area contributed by atoms with Crippen molar-refractivity contribution in [1.29, 1.82) is 0 Å². The minimum atomic E-state index is 0.265. The Hall–Kier alpha value is -2.04. The van der Waals surface area contributed by atoms with Crippen LogP contribution < -0.4 is 0 Å². The summed E-state index contributed by atoms with van der Waals surface area (Å²) in [6.07, 6.45) is 0. The van der Waals surface area contributed by atoms with E-state index in [1.165, 1.54) is 0 Å². The van der Waals surface area contributed by atoms with Gasteiger partial charge in [-0.05, 0) is 48.5 Å². The van der Waals surface area contributed by atoms with Gasteiger partial charge >= 0.3 is 0 Å². The smallest absolute Gasteiger partial charge is 0.129 e. The monoisotopic (exact) mass is 326 g/mol. The van der Waals surface area contributed by atoms with E-state index in [0.717, 1.165) is 19.6 Å². The fraction of sp³-hybridized carbons (Fsp3) is 0. The highest BCUT2D eigenvalue weighted by molar-refractivity contribution is 8.02. The lowest BCUT2D eigenvalue weighted by atomic mass is 10.3. The van der Waals surface area contributed by atoms with Crippen LogP contribution in [-0.4, -0.2) is 10.2 Å². The maximum absolute atomic E-state index is 9.93. The van der Waals surface area contributed by atoms with Crippen LogP contribution in [0.5, 0.6) is 11.5 Å². The third-order valence-electron chi connectivity index (χ3n) is 3.00. The first-order valence-corrected chi connectivity index (χ1v) is 8.37. The molecular formula is C18H14O2S2. The number of phenolic OH excluding ortho intramolecular Hbond substituents is 2. The van der Waals surface area contributed by atoms with Crippen LogP contribution >= 0.6 is 23.5 Å². The van der Waals surface area contributed by atoms with Crippen molar-refractivity contribution in [2.75, 3.05) is 0 Å². The largest absolute Gasteiger partial charge is 0.508 e. The van der Waals surface area contributed by atoms with E-state index in [1.807, 2.05) is 48.5 Å². The van der Waals surface area contributed by atoms with E-state index in [2.05, 4.69) is 6.07 Å². The normalized spacial score (nSPS) is 10.5. The molecule has 0 heterocycles. The summed E-state index contributed by atoms with van der Waals surface area (Å²) >= 11 is 3.18. The predicted octanol–water partition coefficient (Wildman–Crippen LogP) is 5.40. The molecule has 0 saturated heterocycles. The van der Waals surface area contributed by atoms with Crippen LogP contribution in [0.2, 0.25) is 0 Å². The van der Waals surface area contributed by atoms with Crippen molar-refractivity contribution in [1.82, 2.24) is 0 Å². The lowest BCUT2D eigenvalue weighted by Crippen LogP contribution is -1.80. The number of phenols is 2. The molecule has 22 heavy (non-hydrogen) atoms. The van der Waals surface area contributed by atoms with Gasteiger partial charge in [0.05, 0.1) is 4.90 Å². The molecule has 0 aliphatic heterocycles. The van der Waals surface area contributed by atoms with Crippen LogP contribution in [0.15, 0.2) is 92.4 Å². The molecular weight excluding hydrogens is 312 g/mol. The zero-order chi connectivity index (χ0) is 15.4. The second-order valence-corrected chi connectivity index (χ2v) is 6.81. The molecule has 0 spiro atoms. The Balaban J connectivity index is 1.87. The molecule has 4 heteroatoms. The molecule has 2 nitrogen and oxygen atoms in total. The van der Waals surface area contributed by atoms with Gasteiger partial charge in [-0.2, -0.15) is 0 Å². The SMILES string of the molecule is Oc1ccc(Sc2ccccc2Sc2ccccc2O)cc1. The molecule has 3 rings (SSSR count). The zero-order valence-electron chi connectivity index (χ0n) is 11.6. The number of hydrogen-bond acceptors (Lipinski definition) is 4. The molecule has 0 aliphatic carbocycles. The van der Waals surface area contributed by atoms with Crippen LogP contribution in [0, 0.1) is 0 Å². The molecule has 0 unspecified atom stereocenters. The Labute approximate surface area is 137 Å². The minimum Gasteiger partial charge on any atom is -0.508 e. The maximum Gasteiger partial charge on any atom is 0.129 e. The number of aromatic hydroxyl groups is 2. The van der Waals surface area contributed by atoms with Gasteiger partial charge in [0.15, 0.2) is 0 Å². The van der Waals surface area contributed by atoms with E-state index >= 15 is 0 Å². The van der Waals surface area contributed by atoms with Crippen molar-refractivity contribution in [2.45, 2.75) is 19.6 Å². The van der Waals surface area contributed by atoms with Crippen molar-refractivity contribution < 1.29 is 10.2 Å². The van der Waals surface area contributed by atoms with Crippen LogP contribution in [-0.2, 0) is 0 Å². The first-order valence-electron chi connectivity index (χ1n) is 6.74. The number of rotatable bonds is 4. The summed E-state index contributed by atoms with van der Waals surface area (Å²) in [7, 11) is 0. The first-order chi connectivity index (χ1) is 10.7. The lowest BCUT2D eigenvalue weighted by Gasteiger charge is -2.09. The van der Waals surface area contributed by atoms with Crippen molar-refractivity contribution in [2.24, 2.45) is 0 Å². The predicted molar refractivity (Wildman–Crippen MR) is 90.9 cm³/mol. The van der Waals surface area contributed by atoms with E-state index < -0.39 is 0 Å². The van der Waals surface area contributed by atoms with Gasteiger partial charge in [-0.15, -0.1) is 0 Å². The van der Waals surface area contributed by atoms with Gasteiger partial charge in [0.1, 0.15) is 11.5 Å². The molecule has 110 valence electrons. The Morgan fingerprint density at radius 3 is 1.73 bits per heavy atom. The fourth-order valence-electron chi connectivity index (χ4n) is 1.92. The molecule has 3 aromatic rings. The first kappa shape index (κ1) is 14.9. The van der Waals surface area contributed by atoms with Crippen molar-refractivity contribution in [3.05, 3.63) is 72.8 Å². The van der Waals surface area contributed by atoms with Gasteiger partial charge in [0, 0.05) is 14.7 Å². The Morgan fingerprint density at radius 1 is 0.545 bits per heavy atom. The molecule has 0 aromatic heterocycles. The van der Waals surface area contributed by atoms with Gasteiger partial charge in [-0.3, -0.25) is 0 Å². The molecule has 0 fully saturated rings. The molecule has 3 aromatic carbocycles. The van der Waals surface area contributed by atoms with Gasteiger partial charge in [-0.1, -0.05) is 47.8 Å². The second kappa shape index (κ2) is 6.81. The summed E-state index contributed by atoms with van der Waals surface area (Å²) in [5, 5.41) is 19.3. The quantitative estimate of drug-likeness (QED) is 0.673. The molecule has 0 radical (unpaired) electrons. The van der Waals surface area contributed by atoms with E-state index in [0.29, 0.717) is 0 Å². The summed E-state index contributed by atoms with van der Waals surface area (Å²) in [4.78, 5) is 4.09. The van der Waals surface area contributed by atoms with Crippen molar-refractivity contribution in [3.8, 4) is 11.5 Å². The fourth-order valence-corrected chi connectivity index (χ4v) is 3.88. The van der Waals surface area contributed by atoms with Crippen LogP contribution in [0.4, 0.5) is 0 Å². The standard InChI is InChI=1S/C18H14O2S2/c19-13-9-11-14(12-10-13)21-17-7-3-4-8-18(17)22-16-6-2-1-5-15(16)20/h1-12,19-20H. The summed E-state index contributed by atoms with van der Waals surface area (Å²) in [6, 6.07) is 22.6. The lowest BCUT2D eigenvalue weighted by molar-refractivity contribution is 0.462. The van der Waals surface area contributed by atoms with Crippen LogP contribution in [0.1, 0.15) is 0 Å². The highest BCUT2D eigenvalue weighted by atomic mass is 32.2. The molecule has 0 saturated carbocycles. The maximum atomic E-state index is 9.93. The Morgan fingerprint density at radius 2 is 1.09 bits per heavy atom. The summed E-state index contributed by atoms with van der Waals surface area (Å²) in [5.41, 5.74) is 0. The second-order valence-electron chi connectivity index (χ2n) is 4.61. The Kier molecular flexibility index (Phi) is 4.61. The van der Waals surface area contributed by atoms with E-state index in [4.69, 9.17) is 0 Å². The molecule has 2 N–H and O–H groups in total. The highest BCUT2D eigenvalue weighted by Gasteiger charge is 2.08. The van der Waals surface area contributed by atoms with E-state index in [-0.39, 0.29) is 11.5 Å². The number of benzene rings is 3. The average molecular weight is 326 g/mol. The van der Waals surface area contributed by atoms with Gasteiger partial charge < -0.3 is 10.2 Å². The summed E-state index contributed by atoms with van der Waals surface area (Å²) in [5.74, 6) is 0.554. The van der Waals surface area contributed by atoms with Gasteiger partial charge in [0.25, 0.3) is 0 Å². The molecule has 0 aliphatic rings. The van der Waals surface area contributed by atoms with Crippen molar-refractivity contribution >= 4 is 23.5 Å². The average Bonchev–Trinajstić information content (AvgIpc) is 2.53. The van der Waals surface area contributed by atoms with Gasteiger partial charge in [0.2, 0.25) is 0 Å². The third kappa shape index (κ3) is 3.59.